The average molecular weight is 220 g/mol. The first-order chi connectivity index (χ1) is 7.43. The van der Waals surface area contributed by atoms with Crippen LogP contribution in [-0.4, -0.2) is 18.7 Å². The molecule has 0 fully saturated rings. The Hall–Kier alpha value is -1.64. The van der Waals surface area contributed by atoms with Gasteiger partial charge in [-0.05, 0) is 24.3 Å². The van der Waals surface area contributed by atoms with Crippen LogP contribution in [-0.2, 0) is 4.79 Å². The largest absolute Gasteiger partial charge is 0.486 e. The molecule has 0 spiro atoms. The molecule has 0 unspecified atom stereocenters. The quantitative estimate of drug-likeness (QED) is 0.732. The fraction of sp³-hybridized carbons (Fsp3) is 0.385. The molecule has 0 N–H and O–H groups in total. The van der Waals surface area contributed by atoms with Gasteiger partial charge in [-0.25, -0.2) is 0 Å². The molecule has 0 saturated heterocycles. The van der Waals surface area contributed by atoms with Crippen molar-refractivity contribution in [2.24, 2.45) is 5.41 Å². The molecular weight excluding hydrogens is 204 g/mol. The maximum Gasteiger partial charge on any atom is 0.175 e. The summed E-state index contributed by atoms with van der Waals surface area (Å²) < 4.78 is 5.33. The second kappa shape index (κ2) is 4.92. The summed E-state index contributed by atoms with van der Waals surface area (Å²) in [5, 5.41) is 0. The third-order valence-electron chi connectivity index (χ3n) is 2.22. The maximum absolute atomic E-state index is 11.6. The topological polar surface area (TPSA) is 43.4 Å². The number of Topliss-reactive ketones (excluding diaryl/α,β-unsaturated/α-hetero) is 1. The van der Waals surface area contributed by atoms with Gasteiger partial charge in [-0.3, -0.25) is 9.59 Å². The summed E-state index contributed by atoms with van der Waals surface area (Å²) in [4.78, 5) is 22.0. The molecule has 0 saturated carbocycles. The molecule has 0 aliphatic carbocycles. The van der Waals surface area contributed by atoms with E-state index in [2.05, 4.69) is 0 Å². The second-order valence-corrected chi connectivity index (χ2v) is 4.65. The van der Waals surface area contributed by atoms with Crippen LogP contribution >= 0.6 is 0 Å². The number of carbonyl (C=O) groups excluding carboxylic acids is 2. The van der Waals surface area contributed by atoms with Crippen LogP contribution < -0.4 is 4.74 Å². The van der Waals surface area contributed by atoms with E-state index in [0.717, 1.165) is 6.29 Å². The van der Waals surface area contributed by atoms with E-state index < -0.39 is 0 Å². The van der Waals surface area contributed by atoms with Crippen LogP contribution in [0.1, 0.15) is 31.1 Å². The van der Waals surface area contributed by atoms with E-state index in [1.807, 2.05) is 20.8 Å². The van der Waals surface area contributed by atoms with E-state index in [1.54, 1.807) is 24.3 Å². The SMILES string of the molecule is CC(C)(C)C(=O)COc1ccc(C=O)cc1. The first-order valence-electron chi connectivity index (χ1n) is 5.15. The van der Waals surface area contributed by atoms with Crippen molar-refractivity contribution in [2.45, 2.75) is 20.8 Å². The highest BCUT2D eigenvalue weighted by atomic mass is 16.5. The van der Waals surface area contributed by atoms with Crippen LogP contribution in [0, 0.1) is 5.41 Å². The molecule has 0 bridgehead atoms. The maximum atomic E-state index is 11.6. The van der Waals surface area contributed by atoms with Crippen molar-refractivity contribution < 1.29 is 14.3 Å². The molecule has 0 atom stereocenters. The predicted molar refractivity (Wildman–Crippen MR) is 61.8 cm³/mol. The lowest BCUT2D eigenvalue weighted by atomic mass is 9.91. The number of hydrogen-bond acceptors (Lipinski definition) is 3. The lowest BCUT2D eigenvalue weighted by molar-refractivity contribution is -0.128. The molecule has 3 nitrogen and oxygen atoms in total. The van der Waals surface area contributed by atoms with E-state index in [0.29, 0.717) is 11.3 Å². The summed E-state index contributed by atoms with van der Waals surface area (Å²) in [6, 6.07) is 6.67. The third-order valence-corrected chi connectivity index (χ3v) is 2.22. The van der Waals surface area contributed by atoms with Crippen LogP contribution in [0.3, 0.4) is 0 Å². The Morgan fingerprint density at radius 2 is 1.81 bits per heavy atom. The molecule has 86 valence electrons. The van der Waals surface area contributed by atoms with Crippen molar-refractivity contribution in [3.05, 3.63) is 29.8 Å². The number of hydrogen-bond donors (Lipinski definition) is 0. The number of carbonyl (C=O) groups is 2. The van der Waals surface area contributed by atoms with Gasteiger partial charge < -0.3 is 4.74 Å². The first-order valence-corrected chi connectivity index (χ1v) is 5.15. The molecule has 1 rings (SSSR count). The summed E-state index contributed by atoms with van der Waals surface area (Å²) in [5.74, 6) is 0.648. The zero-order valence-electron chi connectivity index (χ0n) is 9.82. The molecule has 1 aromatic carbocycles. The third kappa shape index (κ3) is 3.50. The van der Waals surface area contributed by atoms with Crippen LogP contribution in [0.25, 0.3) is 0 Å². The van der Waals surface area contributed by atoms with Gasteiger partial charge in [0.25, 0.3) is 0 Å². The summed E-state index contributed by atoms with van der Waals surface area (Å²) >= 11 is 0. The molecule has 16 heavy (non-hydrogen) atoms. The standard InChI is InChI=1S/C13H16O3/c1-13(2,3)12(15)9-16-11-6-4-10(8-14)5-7-11/h4-8H,9H2,1-3H3. The molecular formula is C13H16O3. The zero-order chi connectivity index (χ0) is 12.2. The highest BCUT2D eigenvalue weighted by molar-refractivity contribution is 5.85. The van der Waals surface area contributed by atoms with Gasteiger partial charge in [-0.15, -0.1) is 0 Å². The minimum atomic E-state index is -0.386. The van der Waals surface area contributed by atoms with Gasteiger partial charge in [0, 0.05) is 11.0 Å². The lowest BCUT2D eigenvalue weighted by Gasteiger charge is -2.16. The van der Waals surface area contributed by atoms with Crippen molar-refractivity contribution >= 4 is 12.1 Å². The van der Waals surface area contributed by atoms with E-state index in [1.165, 1.54) is 0 Å². The summed E-state index contributed by atoms with van der Waals surface area (Å²) in [5.41, 5.74) is 0.206. The van der Waals surface area contributed by atoms with Crippen LogP contribution in [0.15, 0.2) is 24.3 Å². The lowest BCUT2D eigenvalue weighted by Crippen LogP contribution is -2.26. The van der Waals surface area contributed by atoms with Gasteiger partial charge in [0.15, 0.2) is 5.78 Å². The van der Waals surface area contributed by atoms with Gasteiger partial charge in [-0.1, -0.05) is 20.8 Å². The highest BCUT2D eigenvalue weighted by Gasteiger charge is 2.21. The molecule has 3 heteroatoms. The van der Waals surface area contributed by atoms with Crippen molar-refractivity contribution in [3.63, 3.8) is 0 Å². The Morgan fingerprint density at radius 3 is 2.25 bits per heavy atom. The fourth-order valence-electron chi connectivity index (χ4n) is 1.01. The van der Waals surface area contributed by atoms with E-state index in [4.69, 9.17) is 4.74 Å². The summed E-state index contributed by atoms with van der Waals surface area (Å²) in [6.45, 7) is 5.63. The molecule has 0 aromatic heterocycles. The Kier molecular flexibility index (Phi) is 3.82. The molecule has 0 heterocycles. The number of ketones is 1. The smallest absolute Gasteiger partial charge is 0.175 e. The van der Waals surface area contributed by atoms with Gasteiger partial charge >= 0.3 is 0 Å². The molecule has 0 aliphatic heterocycles. The van der Waals surface area contributed by atoms with E-state index in [9.17, 15) is 9.59 Å². The first kappa shape index (κ1) is 12.4. The number of aldehydes is 1. The van der Waals surface area contributed by atoms with Gasteiger partial charge in [-0.2, -0.15) is 0 Å². The summed E-state index contributed by atoms with van der Waals surface area (Å²) in [6.07, 6.45) is 0.768. The Labute approximate surface area is 95.4 Å². The van der Waals surface area contributed by atoms with Crippen molar-refractivity contribution in [1.29, 1.82) is 0 Å². The Balaban J connectivity index is 2.55. The normalized spacial score (nSPS) is 10.9. The van der Waals surface area contributed by atoms with Crippen LogP contribution in [0.2, 0.25) is 0 Å². The molecule has 1 aromatic rings. The molecule has 0 radical (unpaired) electrons. The zero-order valence-corrected chi connectivity index (χ0v) is 9.82. The van der Waals surface area contributed by atoms with Crippen molar-refractivity contribution in [1.82, 2.24) is 0 Å². The highest BCUT2D eigenvalue weighted by Crippen LogP contribution is 2.16. The van der Waals surface area contributed by atoms with Crippen molar-refractivity contribution in [3.8, 4) is 5.75 Å². The predicted octanol–water partition coefficient (Wildman–Crippen LogP) is 2.49. The number of rotatable bonds is 4. The van der Waals surface area contributed by atoms with Crippen molar-refractivity contribution in [2.75, 3.05) is 6.61 Å². The van der Waals surface area contributed by atoms with Crippen LogP contribution in [0.5, 0.6) is 5.75 Å². The number of ether oxygens (including phenoxy) is 1. The summed E-state index contributed by atoms with van der Waals surface area (Å²) in [7, 11) is 0. The van der Waals surface area contributed by atoms with Crippen LogP contribution in [0.4, 0.5) is 0 Å². The second-order valence-electron chi connectivity index (χ2n) is 4.65. The minimum absolute atomic E-state index is 0.0481. The molecule has 0 amide bonds. The average Bonchev–Trinajstić information content (AvgIpc) is 2.25. The van der Waals surface area contributed by atoms with E-state index in [-0.39, 0.29) is 17.8 Å². The molecule has 0 aliphatic rings. The Bertz CT molecular complexity index is 371. The van der Waals surface area contributed by atoms with E-state index >= 15 is 0 Å². The van der Waals surface area contributed by atoms with Gasteiger partial charge in [0.2, 0.25) is 0 Å². The minimum Gasteiger partial charge on any atom is -0.486 e. The Morgan fingerprint density at radius 1 is 1.25 bits per heavy atom. The van der Waals surface area contributed by atoms with Gasteiger partial charge in [0.1, 0.15) is 18.6 Å². The fourth-order valence-corrected chi connectivity index (χ4v) is 1.01. The monoisotopic (exact) mass is 220 g/mol. The number of benzene rings is 1. The van der Waals surface area contributed by atoms with Gasteiger partial charge in [0.05, 0.1) is 0 Å².